The van der Waals surface area contributed by atoms with Crippen molar-refractivity contribution in [3.63, 3.8) is 0 Å². The summed E-state index contributed by atoms with van der Waals surface area (Å²) in [5.41, 5.74) is 0.429. The van der Waals surface area contributed by atoms with Crippen LogP contribution in [0, 0.1) is 11.6 Å². The lowest BCUT2D eigenvalue weighted by atomic mass is 9.93. The Morgan fingerprint density at radius 1 is 1.12 bits per heavy atom. The topological polar surface area (TPSA) is 142 Å². The molecule has 0 saturated carbocycles. The Morgan fingerprint density at radius 2 is 1.86 bits per heavy atom. The highest BCUT2D eigenvalue weighted by atomic mass is 19.2. The number of methoxy groups -OCH3 is 2. The van der Waals surface area contributed by atoms with Crippen LogP contribution in [0.25, 0.3) is 0 Å². The number of ketones is 1. The van der Waals surface area contributed by atoms with E-state index in [2.05, 4.69) is 10.3 Å². The molecule has 1 unspecified atom stereocenters. The summed E-state index contributed by atoms with van der Waals surface area (Å²) in [6, 6.07) is 4.18. The molecule has 2 aliphatic rings. The zero-order chi connectivity index (χ0) is 30.4. The summed E-state index contributed by atoms with van der Waals surface area (Å²) < 4.78 is 37.9. The van der Waals surface area contributed by atoms with Gasteiger partial charge in [0.05, 0.1) is 31.5 Å². The van der Waals surface area contributed by atoms with Crippen LogP contribution in [0.4, 0.5) is 18.4 Å². The van der Waals surface area contributed by atoms with Gasteiger partial charge in [0.25, 0.3) is 0 Å². The van der Waals surface area contributed by atoms with Gasteiger partial charge in [0.1, 0.15) is 12.6 Å². The smallest absolute Gasteiger partial charge is 0.353 e. The van der Waals surface area contributed by atoms with Gasteiger partial charge in [-0.15, -0.1) is 0 Å². The largest absolute Gasteiger partial charge is 0.466 e. The molecular formula is C28H31F2N5O7. The molecule has 42 heavy (non-hydrogen) atoms. The Morgan fingerprint density at radius 3 is 2.48 bits per heavy atom. The fourth-order valence-electron chi connectivity index (χ4n) is 5.13. The minimum atomic E-state index is -1.64. The quantitative estimate of drug-likeness (QED) is 0.257. The van der Waals surface area contributed by atoms with Crippen molar-refractivity contribution in [2.45, 2.75) is 24.8 Å². The molecule has 12 nitrogen and oxygen atoms in total. The van der Waals surface area contributed by atoms with Gasteiger partial charge < -0.3 is 14.8 Å². The molecule has 3 heterocycles. The van der Waals surface area contributed by atoms with Gasteiger partial charge in [0.2, 0.25) is 0 Å². The number of carbonyl (C=O) groups excluding carboxylic acids is 4. The minimum Gasteiger partial charge on any atom is -0.466 e. The fourth-order valence-corrected chi connectivity index (χ4v) is 5.13. The Kier molecular flexibility index (Phi) is 9.93. The lowest BCUT2D eigenvalue weighted by Crippen LogP contribution is -2.56. The number of halogens is 2. The summed E-state index contributed by atoms with van der Waals surface area (Å²) in [5.74, 6) is -3.74. The lowest BCUT2D eigenvalue weighted by molar-refractivity contribution is -0.137. The Hall–Kier alpha value is -4.27. The van der Waals surface area contributed by atoms with Gasteiger partial charge in [0, 0.05) is 24.9 Å². The number of carbonyl (C=O) groups is 4. The molecule has 1 atom stereocenters. The molecular weight excluding hydrogens is 556 g/mol. The molecule has 4 rings (SSSR count). The highest BCUT2D eigenvalue weighted by Crippen LogP contribution is 2.36. The number of amides is 4. The SMILES string of the molecule is COCC1=C(C(=O)OC)C(c2ccc(F)c(F)c2)N(C(=O)N(O)CC(=O)CN2CCC(c3ccccn3)CC2)C(=O)N1. The van der Waals surface area contributed by atoms with Crippen molar-refractivity contribution >= 4 is 23.8 Å². The predicted molar refractivity (Wildman–Crippen MR) is 142 cm³/mol. The highest BCUT2D eigenvalue weighted by molar-refractivity contribution is 6.02. The maximum absolute atomic E-state index is 14.2. The van der Waals surface area contributed by atoms with Crippen molar-refractivity contribution in [1.82, 2.24) is 25.2 Å². The third-order valence-electron chi connectivity index (χ3n) is 7.13. The number of nitrogens with zero attached hydrogens (tertiary/aromatic N) is 4. The number of urea groups is 2. The second-order valence-electron chi connectivity index (χ2n) is 9.88. The number of pyridine rings is 1. The van der Waals surface area contributed by atoms with Gasteiger partial charge in [-0.25, -0.2) is 28.1 Å². The third kappa shape index (κ3) is 6.78. The van der Waals surface area contributed by atoms with Gasteiger partial charge in [-0.3, -0.25) is 19.9 Å². The lowest BCUT2D eigenvalue weighted by Gasteiger charge is -2.38. The minimum absolute atomic E-state index is 0.0473. The number of Topliss-reactive ketones (excluding diaryl/α,β-unsaturated/α-hetero) is 1. The number of aromatic nitrogens is 1. The standard InChI is InChI=1S/C28H31F2N5O7/c1-41-16-23-24(26(37)42-2)25(18-6-7-20(29)21(30)13-18)35(27(38)32-23)28(39)34(40)15-19(36)14-33-11-8-17(9-12-33)22-5-3-4-10-31-22/h3-7,10,13,17,25,40H,8-9,11-12,14-16H2,1-2H3,(H,32,38). The fraction of sp³-hybridized carbons (Fsp3) is 0.393. The number of rotatable bonds is 9. The molecule has 2 aromatic rings. The van der Waals surface area contributed by atoms with Crippen LogP contribution < -0.4 is 5.32 Å². The Balaban J connectivity index is 1.51. The number of hydrogen-bond acceptors (Lipinski definition) is 9. The summed E-state index contributed by atoms with van der Waals surface area (Å²) in [6.45, 7) is 0.0961. The van der Waals surface area contributed by atoms with E-state index in [9.17, 15) is 33.2 Å². The number of piperidine rings is 1. The van der Waals surface area contributed by atoms with Crippen LogP contribution in [0.15, 0.2) is 53.9 Å². The average molecular weight is 588 g/mol. The zero-order valence-electron chi connectivity index (χ0n) is 23.1. The second kappa shape index (κ2) is 13.6. The maximum atomic E-state index is 14.2. The first-order valence-electron chi connectivity index (χ1n) is 13.1. The monoisotopic (exact) mass is 587 g/mol. The van der Waals surface area contributed by atoms with Crippen molar-refractivity contribution in [3.8, 4) is 0 Å². The number of hydrogen-bond donors (Lipinski definition) is 2. The van der Waals surface area contributed by atoms with Crippen molar-refractivity contribution in [2.24, 2.45) is 0 Å². The molecule has 1 saturated heterocycles. The summed E-state index contributed by atoms with van der Waals surface area (Å²) in [7, 11) is 2.35. The molecule has 0 aliphatic carbocycles. The molecule has 1 fully saturated rings. The number of benzene rings is 1. The van der Waals surface area contributed by atoms with Crippen LogP contribution in [-0.2, 0) is 19.1 Å². The van der Waals surface area contributed by atoms with Crippen molar-refractivity contribution in [1.29, 1.82) is 0 Å². The third-order valence-corrected chi connectivity index (χ3v) is 7.13. The molecule has 224 valence electrons. The molecule has 1 aromatic heterocycles. The summed E-state index contributed by atoms with van der Waals surface area (Å²) in [5, 5.41) is 13.0. The maximum Gasteiger partial charge on any atom is 0.353 e. The van der Waals surface area contributed by atoms with Gasteiger partial charge >= 0.3 is 18.0 Å². The van der Waals surface area contributed by atoms with E-state index in [1.807, 2.05) is 23.1 Å². The number of ether oxygens (including phenoxy) is 2. The first kappa shape index (κ1) is 30.7. The summed E-state index contributed by atoms with van der Waals surface area (Å²) in [4.78, 5) is 58.9. The molecule has 14 heteroatoms. The van der Waals surface area contributed by atoms with E-state index < -0.39 is 48.0 Å². The van der Waals surface area contributed by atoms with E-state index in [0.29, 0.717) is 24.1 Å². The summed E-state index contributed by atoms with van der Waals surface area (Å²) in [6.07, 6.45) is 3.30. The van der Waals surface area contributed by atoms with E-state index in [4.69, 9.17) is 9.47 Å². The molecule has 0 radical (unpaired) electrons. The van der Waals surface area contributed by atoms with Crippen LogP contribution in [-0.4, -0.2) is 95.9 Å². The number of imide groups is 1. The zero-order valence-corrected chi connectivity index (χ0v) is 23.1. The van der Waals surface area contributed by atoms with E-state index in [1.54, 1.807) is 6.20 Å². The van der Waals surface area contributed by atoms with Crippen LogP contribution in [0.2, 0.25) is 0 Å². The van der Waals surface area contributed by atoms with Crippen LogP contribution in [0.1, 0.15) is 36.1 Å². The van der Waals surface area contributed by atoms with E-state index in [0.717, 1.165) is 37.8 Å². The average Bonchev–Trinajstić information content (AvgIpc) is 2.98. The normalized spacial score (nSPS) is 18.1. The van der Waals surface area contributed by atoms with Crippen LogP contribution in [0.3, 0.4) is 0 Å². The molecule has 2 N–H and O–H groups in total. The highest BCUT2D eigenvalue weighted by Gasteiger charge is 2.44. The number of nitrogens with one attached hydrogen (secondary N) is 1. The molecule has 1 aromatic carbocycles. The van der Waals surface area contributed by atoms with Gasteiger partial charge in [-0.05, 0) is 55.8 Å². The summed E-state index contributed by atoms with van der Waals surface area (Å²) >= 11 is 0. The van der Waals surface area contributed by atoms with E-state index in [1.165, 1.54) is 7.11 Å². The van der Waals surface area contributed by atoms with Crippen molar-refractivity contribution < 1.29 is 42.6 Å². The number of hydroxylamine groups is 2. The molecule has 2 aliphatic heterocycles. The Labute approximate surface area is 240 Å². The molecule has 4 amide bonds. The first-order valence-corrected chi connectivity index (χ1v) is 13.1. The van der Waals surface area contributed by atoms with Crippen LogP contribution in [0.5, 0.6) is 0 Å². The Bertz CT molecular complexity index is 1370. The molecule has 0 spiro atoms. The van der Waals surface area contributed by atoms with Crippen molar-refractivity contribution in [3.05, 3.63) is 76.8 Å². The first-order chi connectivity index (χ1) is 20.1. The second-order valence-corrected chi connectivity index (χ2v) is 9.88. The van der Waals surface area contributed by atoms with E-state index >= 15 is 0 Å². The van der Waals surface area contributed by atoms with E-state index in [-0.39, 0.29) is 41.0 Å². The van der Waals surface area contributed by atoms with Crippen molar-refractivity contribution in [2.75, 3.05) is 47.0 Å². The van der Waals surface area contributed by atoms with Crippen LogP contribution >= 0.6 is 0 Å². The van der Waals surface area contributed by atoms with Gasteiger partial charge in [-0.2, -0.15) is 5.06 Å². The molecule has 0 bridgehead atoms. The number of esters is 1. The van der Waals surface area contributed by atoms with Gasteiger partial charge in [-0.1, -0.05) is 12.1 Å². The predicted octanol–water partition coefficient (Wildman–Crippen LogP) is 2.76. The van der Waals surface area contributed by atoms with Gasteiger partial charge in [0.15, 0.2) is 17.4 Å². The number of likely N-dealkylation sites (tertiary alicyclic amines) is 1.